The van der Waals surface area contributed by atoms with Gasteiger partial charge in [0.05, 0.1) is 12.2 Å². The highest BCUT2D eigenvalue weighted by Gasteiger charge is 2.07. The third-order valence-electron chi connectivity index (χ3n) is 4.24. The molecule has 26 heavy (non-hydrogen) atoms. The monoisotopic (exact) mass is 369 g/mol. The minimum absolute atomic E-state index is 0.551. The SMILES string of the molecule is CCNC(=NCc1cn2c(C)cccc2n1)NCC(C)Cc1cccs1. The summed E-state index contributed by atoms with van der Waals surface area (Å²) in [6.45, 7) is 8.74. The van der Waals surface area contributed by atoms with Gasteiger partial charge in [-0.2, -0.15) is 0 Å². The Labute approximate surface area is 159 Å². The van der Waals surface area contributed by atoms with Gasteiger partial charge in [0.15, 0.2) is 5.96 Å². The zero-order valence-electron chi connectivity index (χ0n) is 15.7. The standard InChI is InChI=1S/C20H27N5S/c1-4-21-20(22-12-15(2)11-18-8-6-10-26-18)23-13-17-14-25-16(3)7-5-9-19(25)24-17/h5-10,14-15H,4,11-13H2,1-3H3,(H2,21,22,23). The first-order chi connectivity index (χ1) is 12.7. The van der Waals surface area contributed by atoms with Crippen LogP contribution in [0.4, 0.5) is 0 Å². The van der Waals surface area contributed by atoms with Crippen LogP contribution in [-0.4, -0.2) is 28.4 Å². The maximum atomic E-state index is 4.70. The van der Waals surface area contributed by atoms with Crippen LogP contribution in [0.1, 0.15) is 30.1 Å². The van der Waals surface area contributed by atoms with E-state index in [2.05, 4.69) is 70.6 Å². The molecular formula is C20H27N5S. The van der Waals surface area contributed by atoms with E-state index in [0.29, 0.717) is 12.5 Å². The van der Waals surface area contributed by atoms with Crippen molar-refractivity contribution in [2.24, 2.45) is 10.9 Å². The second kappa shape index (κ2) is 8.85. The third kappa shape index (κ3) is 4.85. The second-order valence-corrected chi connectivity index (χ2v) is 7.62. The van der Waals surface area contributed by atoms with Crippen molar-refractivity contribution in [1.82, 2.24) is 20.0 Å². The van der Waals surface area contributed by atoms with Crippen molar-refractivity contribution in [3.63, 3.8) is 0 Å². The lowest BCUT2D eigenvalue weighted by molar-refractivity contribution is 0.562. The molecule has 3 aromatic heterocycles. The van der Waals surface area contributed by atoms with Crippen LogP contribution in [0.25, 0.3) is 5.65 Å². The normalized spacial score (nSPS) is 13.1. The number of aryl methyl sites for hydroxylation is 1. The van der Waals surface area contributed by atoms with Gasteiger partial charge in [0.2, 0.25) is 0 Å². The zero-order valence-corrected chi connectivity index (χ0v) is 16.5. The Morgan fingerprint density at radius 3 is 2.88 bits per heavy atom. The quantitative estimate of drug-likeness (QED) is 0.494. The molecule has 5 nitrogen and oxygen atoms in total. The first kappa shape index (κ1) is 18.5. The number of aromatic nitrogens is 2. The third-order valence-corrected chi connectivity index (χ3v) is 5.14. The molecule has 3 heterocycles. The average molecular weight is 370 g/mol. The fourth-order valence-electron chi connectivity index (χ4n) is 2.89. The number of imidazole rings is 1. The highest BCUT2D eigenvalue weighted by atomic mass is 32.1. The van der Waals surface area contributed by atoms with Gasteiger partial charge in [0, 0.05) is 29.9 Å². The lowest BCUT2D eigenvalue weighted by Crippen LogP contribution is -2.39. The summed E-state index contributed by atoms with van der Waals surface area (Å²) in [5.41, 5.74) is 3.12. The van der Waals surface area contributed by atoms with Crippen LogP contribution >= 0.6 is 11.3 Å². The number of guanidine groups is 1. The van der Waals surface area contributed by atoms with Crippen molar-refractivity contribution in [1.29, 1.82) is 0 Å². The van der Waals surface area contributed by atoms with Gasteiger partial charge < -0.3 is 15.0 Å². The number of nitrogens with one attached hydrogen (secondary N) is 2. The van der Waals surface area contributed by atoms with Crippen LogP contribution < -0.4 is 10.6 Å². The molecule has 0 aliphatic carbocycles. The molecule has 1 atom stereocenters. The van der Waals surface area contributed by atoms with E-state index in [1.165, 1.54) is 10.6 Å². The number of thiophene rings is 1. The van der Waals surface area contributed by atoms with E-state index in [1.54, 1.807) is 0 Å². The maximum absolute atomic E-state index is 4.70. The Morgan fingerprint density at radius 1 is 1.27 bits per heavy atom. The van der Waals surface area contributed by atoms with Crippen LogP contribution in [0.3, 0.4) is 0 Å². The Kier molecular flexibility index (Phi) is 6.28. The smallest absolute Gasteiger partial charge is 0.191 e. The van der Waals surface area contributed by atoms with Crippen molar-refractivity contribution in [3.8, 4) is 0 Å². The van der Waals surface area contributed by atoms with E-state index < -0.39 is 0 Å². The van der Waals surface area contributed by atoms with Gasteiger partial charge in [-0.15, -0.1) is 11.3 Å². The topological polar surface area (TPSA) is 53.7 Å². The van der Waals surface area contributed by atoms with Crippen LogP contribution in [0.2, 0.25) is 0 Å². The van der Waals surface area contributed by atoms with E-state index in [9.17, 15) is 0 Å². The van der Waals surface area contributed by atoms with Gasteiger partial charge in [-0.1, -0.05) is 19.1 Å². The van der Waals surface area contributed by atoms with Crippen molar-refractivity contribution >= 4 is 22.9 Å². The van der Waals surface area contributed by atoms with Gasteiger partial charge in [-0.3, -0.25) is 0 Å². The van der Waals surface area contributed by atoms with Gasteiger partial charge in [0.1, 0.15) is 5.65 Å². The summed E-state index contributed by atoms with van der Waals surface area (Å²) in [6, 6.07) is 10.5. The van der Waals surface area contributed by atoms with Crippen molar-refractivity contribution in [3.05, 3.63) is 58.2 Å². The van der Waals surface area contributed by atoms with E-state index in [0.717, 1.165) is 36.8 Å². The lowest BCUT2D eigenvalue weighted by atomic mass is 10.1. The summed E-state index contributed by atoms with van der Waals surface area (Å²) in [7, 11) is 0. The number of pyridine rings is 1. The molecule has 3 rings (SSSR count). The zero-order chi connectivity index (χ0) is 18.4. The number of hydrogen-bond donors (Lipinski definition) is 2. The Bertz CT molecular complexity index is 850. The summed E-state index contributed by atoms with van der Waals surface area (Å²) in [5, 5.41) is 8.91. The summed E-state index contributed by atoms with van der Waals surface area (Å²) < 4.78 is 2.11. The fourth-order valence-corrected chi connectivity index (χ4v) is 3.76. The summed E-state index contributed by atoms with van der Waals surface area (Å²) >= 11 is 1.82. The number of fused-ring (bicyclic) bond motifs is 1. The summed E-state index contributed by atoms with van der Waals surface area (Å²) in [6.07, 6.45) is 3.16. The minimum Gasteiger partial charge on any atom is -0.357 e. The summed E-state index contributed by atoms with van der Waals surface area (Å²) in [5.74, 6) is 1.40. The number of hydrogen-bond acceptors (Lipinski definition) is 3. The minimum atomic E-state index is 0.551. The first-order valence-electron chi connectivity index (χ1n) is 9.14. The highest BCUT2D eigenvalue weighted by Crippen LogP contribution is 2.14. The van der Waals surface area contributed by atoms with E-state index in [4.69, 9.17) is 4.99 Å². The molecule has 0 fully saturated rings. The van der Waals surface area contributed by atoms with Crippen molar-refractivity contribution in [2.75, 3.05) is 13.1 Å². The molecule has 0 radical (unpaired) electrons. The summed E-state index contributed by atoms with van der Waals surface area (Å²) in [4.78, 5) is 10.8. The lowest BCUT2D eigenvalue weighted by Gasteiger charge is -2.15. The largest absolute Gasteiger partial charge is 0.357 e. The van der Waals surface area contributed by atoms with Crippen LogP contribution in [0.5, 0.6) is 0 Å². The van der Waals surface area contributed by atoms with E-state index in [1.807, 2.05) is 23.5 Å². The molecular weight excluding hydrogens is 342 g/mol. The van der Waals surface area contributed by atoms with Crippen molar-refractivity contribution < 1.29 is 0 Å². The average Bonchev–Trinajstić information content (AvgIpc) is 3.27. The van der Waals surface area contributed by atoms with Crippen molar-refractivity contribution in [2.45, 2.75) is 33.7 Å². The molecule has 0 aliphatic rings. The molecule has 0 saturated carbocycles. The molecule has 2 N–H and O–H groups in total. The molecule has 0 amide bonds. The maximum Gasteiger partial charge on any atom is 0.191 e. The predicted octanol–water partition coefficient (Wildman–Crippen LogP) is 3.64. The Balaban J connectivity index is 1.59. The van der Waals surface area contributed by atoms with Gasteiger partial charge in [-0.25, -0.2) is 9.98 Å². The predicted molar refractivity (Wildman–Crippen MR) is 110 cm³/mol. The number of nitrogens with zero attached hydrogens (tertiary/aromatic N) is 3. The molecule has 0 bridgehead atoms. The molecule has 0 aliphatic heterocycles. The molecule has 138 valence electrons. The van der Waals surface area contributed by atoms with Gasteiger partial charge >= 0.3 is 0 Å². The van der Waals surface area contributed by atoms with Gasteiger partial charge in [-0.05, 0) is 49.8 Å². The molecule has 0 spiro atoms. The Morgan fingerprint density at radius 2 is 2.15 bits per heavy atom. The molecule has 3 aromatic rings. The van der Waals surface area contributed by atoms with E-state index in [-0.39, 0.29) is 0 Å². The van der Waals surface area contributed by atoms with Crippen LogP contribution in [0.15, 0.2) is 46.9 Å². The molecule has 1 unspecified atom stereocenters. The molecule has 0 aromatic carbocycles. The molecule has 6 heteroatoms. The number of rotatable bonds is 7. The first-order valence-corrected chi connectivity index (χ1v) is 10.0. The fraction of sp³-hybridized carbons (Fsp3) is 0.400. The number of aliphatic imine (C=N–C) groups is 1. The van der Waals surface area contributed by atoms with Crippen LogP contribution in [-0.2, 0) is 13.0 Å². The van der Waals surface area contributed by atoms with Crippen LogP contribution in [0, 0.1) is 12.8 Å². The second-order valence-electron chi connectivity index (χ2n) is 6.59. The highest BCUT2D eigenvalue weighted by molar-refractivity contribution is 7.09. The van der Waals surface area contributed by atoms with E-state index >= 15 is 0 Å². The van der Waals surface area contributed by atoms with Gasteiger partial charge in [0.25, 0.3) is 0 Å². The Hall–Kier alpha value is -2.34. The molecule has 0 saturated heterocycles.